The molecule has 0 radical (unpaired) electrons. The topological polar surface area (TPSA) is 111 Å². The molecule has 0 aromatic heterocycles. The Labute approximate surface area is 120 Å². The molecule has 7 nitrogen and oxygen atoms in total. The molecule has 0 atom stereocenters. The highest BCUT2D eigenvalue weighted by molar-refractivity contribution is 5.55. The van der Waals surface area contributed by atoms with Crippen molar-refractivity contribution in [3.05, 3.63) is 52.1 Å². The van der Waals surface area contributed by atoms with E-state index in [0.29, 0.717) is 17.1 Å². The Morgan fingerprint density at radius 3 is 2.43 bits per heavy atom. The van der Waals surface area contributed by atoms with Gasteiger partial charge in [-0.05, 0) is 12.1 Å². The number of ether oxygens (including phenoxy) is 2. The van der Waals surface area contributed by atoms with Crippen LogP contribution in [0.4, 0.5) is 11.4 Å². The van der Waals surface area contributed by atoms with E-state index in [9.17, 15) is 10.1 Å². The summed E-state index contributed by atoms with van der Waals surface area (Å²) in [5.74, 6) is 0.979. The van der Waals surface area contributed by atoms with Crippen molar-refractivity contribution >= 4 is 11.4 Å². The molecule has 106 valence electrons. The number of benzene rings is 2. The van der Waals surface area contributed by atoms with Crippen LogP contribution < -0.4 is 15.2 Å². The smallest absolute Gasteiger partial charge is 0.275 e. The Kier molecular flexibility index (Phi) is 3.90. The molecular formula is C14H11N3O4. The molecule has 2 N–H and O–H groups in total. The van der Waals surface area contributed by atoms with Gasteiger partial charge in [-0.1, -0.05) is 0 Å². The Bertz CT molecular complexity index is 737. The zero-order chi connectivity index (χ0) is 15.4. The van der Waals surface area contributed by atoms with Crippen LogP contribution in [0.1, 0.15) is 5.56 Å². The number of hydrogen-bond donors (Lipinski definition) is 1. The first-order chi connectivity index (χ1) is 10.0. The molecule has 2 rings (SSSR count). The number of hydrogen-bond acceptors (Lipinski definition) is 6. The van der Waals surface area contributed by atoms with Gasteiger partial charge in [0.15, 0.2) is 0 Å². The van der Waals surface area contributed by atoms with Crippen molar-refractivity contribution in [2.45, 2.75) is 0 Å². The minimum Gasteiger partial charge on any atom is -0.497 e. The van der Waals surface area contributed by atoms with Crippen LogP contribution >= 0.6 is 0 Å². The maximum Gasteiger partial charge on any atom is 0.275 e. The molecule has 7 heteroatoms. The minimum absolute atomic E-state index is 0.173. The fourth-order valence-corrected chi connectivity index (χ4v) is 1.72. The van der Waals surface area contributed by atoms with Gasteiger partial charge in [-0.25, -0.2) is 0 Å². The van der Waals surface area contributed by atoms with Crippen molar-refractivity contribution in [2.24, 2.45) is 0 Å². The number of nitrogen functional groups attached to an aromatic ring is 1. The van der Waals surface area contributed by atoms with Gasteiger partial charge in [0.05, 0.1) is 29.7 Å². The fourth-order valence-electron chi connectivity index (χ4n) is 1.72. The van der Waals surface area contributed by atoms with Crippen molar-refractivity contribution < 1.29 is 14.4 Å². The second kappa shape index (κ2) is 5.79. The summed E-state index contributed by atoms with van der Waals surface area (Å²) in [6.45, 7) is 0. The van der Waals surface area contributed by atoms with Gasteiger partial charge in [0, 0.05) is 23.9 Å². The third-order valence-corrected chi connectivity index (χ3v) is 2.60. The Hall–Kier alpha value is -3.27. The summed E-state index contributed by atoms with van der Waals surface area (Å²) in [6.07, 6.45) is 0. The highest BCUT2D eigenvalue weighted by Crippen LogP contribution is 2.30. The first-order valence-electron chi connectivity index (χ1n) is 5.84. The Morgan fingerprint density at radius 1 is 1.14 bits per heavy atom. The van der Waals surface area contributed by atoms with Gasteiger partial charge < -0.3 is 15.2 Å². The van der Waals surface area contributed by atoms with Gasteiger partial charge in [-0.15, -0.1) is 0 Å². The molecule has 0 heterocycles. The summed E-state index contributed by atoms with van der Waals surface area (Å²) < 4.78 is 10.6. The summed E-state index contributed by atoms with van der Waals surface area (Å²) >= 11 is 0. The van der Waals surface area contributed by atoms with Gasteiger partial charge in [0.25, 0.3) is 5.69 Å². The third kappa shape index (κ3) is 3.39. The average molecular weight is 285 g/mol. The quantitative estimate of drug-likeness (QED) is 0.525. The van der Waals surface area contributed by atoms with Crippen molar-refractivity contribution in [3.8, 4) is 23.3 Å². The summed E-state index contributed by atoms with van der Waals surface area (Å²) in [5.41, 5.74) is 5.99. The van der Waals surface area contributed by atoms with E-state index >= 15 is 0 Å². The largest absolute Gasteiger partial charge is 0.497 e. The number of nitrogens with two attached hydrogens (primary N) is 1. The molecule has 0 amide bonds. The third-order valence-electron chi connectivity index (χ3n) is 2.60. The summed E-state index contributed by atoms with van der Waals surface area (Å²) in [6, 6.07) is 10.5. The van der Waals surface area contributed by atoms with Crippen LogP contribution in [0.15, 0.2) is 36.4 Å². The average Bonchev–Trinajstić information content (AvgIpc) is 2.46. The molecule has 21 heavy (non-hydrogen) atoms. The predicted molar refractivity (Wildman–Crippen MR) is 75.3 cm³/mol. The lowest BCUT2D eigenvalue weighted by Crippen LogP contribution is -1.94. The van der Waals surface area contributed by atoms with Crippen LogP contribution in [0.3, 0.4) is 0 Å². The van der Waals surface area contributed by atoms with Crippen LogP contribution in [0.2, 0.25) is 0 Å². The van der Waals surface area contributed by atoms with E-state index in [2.05, 4.69) is 0 Å². The highest BCUT2D eigenvalue weighted by atomic mass is 16.6. The molecule has 0 unspecified atom stereocenters. The molecule has 0 saturated heterocycles. The zero-order valence-corrected chi connectivity index (χ0v) is 11.1. The number of nitro groups is 1. The lowest BCUT2D eigenvalue weighted by atomic mass is 10.2. The van der Waals surface area contributed by atoms with Crippen LogP contribution in [-0.4, -0.2) is 12.0 Å². The molecule has 0 aliphatic carbocycles. The molecule has 0 aliphatic heterocycles. The second-order valence-corrected chi connectivity index (χ2v) is 4.13. The van der Waals surface area contributed by atoms with E-state index in [1.807, 2.05) is 6.07 Å². The molecule has 0 aliphatic rings. The number of rotatable bonds is 4. The number of non-ortho nitro benzene ring substituents is 1. The van der Waals surface area contributed by atoms with E-state index in [1.54, 1.807) is 12.1 Å². The number of nitro benzene ring substituents is 1. The molecule has 0 saturated carbocycles. The van der Waals surface area contributed by atoms with Crippen molar-refractivity contribution in [1.82, 2.24) is 0 Å². The molecule has 0 fully saturated rings. The zero-order valence-electron chi connectivity index (χ0n) is 11.1. The van der Waals surface area contributed by atoms with Crippen LogP contribution in [0, 0.1) is 21.4 Å². The first-order valence-corrected chi connectivity index (χ1v) is 5.84. The van der Waals surface area contributed by atoms with Gasteiger partial charge >= 0.3 is 0 Å². The Balaban J connectivity index is 2.38. The first kappa shape index (κ1) is 14.1. The van der Waals surface area contributed by atoms with Crippen molar-refractivity contribution in [1.29, 1.82) is 5.26 Å². The summed E-state index contributed by atoms with van der Waals surface area (Å²) in [5, 5.41) is 19.7. The molecular weight excluding hydrogens is 274 g/mol. The summed E-state index contributed by atoms with van der Waals surface area (Å²) in [4.78, 5) is 10.2. The van der Waals surface area contributed by atoms with Gasteiger partial charge in [-0.2, -0.15) is 5.26 Å². The second-order valence-electron chi connectivity index (χ2n) is 4.13. The standard InChI is InChI=1S/C14H11N3O4/c1-20-12-2-9(8-15)3-13(7-12)21-14-5-10(16)4-11(6-14)17(18)19/h2-7H,16H2,1H3. The number of methoxy groups -OCH3 is 1. The van der Waals surface area contributed by atoms with E-state index < -0.39 is 4.92 Å². The number of anilines is 1. The Morgan fingerprint density at radius 2 is 1.81 bits per heavy atom. The van der Waals surface area contributed by atoms with Crippen molar-refractivity contribution in [2.75, 3.05) is 12.8 Å². The van der Waals surface area contributed by atoms with Gasteiger partial charge in [0.1, 0.15) is 17.2 Å². The van der Waals surface area contributed by atoms with Gasteiger partial charge in [-0.3, -0.25) is 10.1 Å². The molecule has 0 bridgehead atoms. The van der Waals surface area contributed by atoms with Crippen LogP contribution in [0.5, 0.6) is 17.2 Å². The maximum atomic E-state index is 10.8. The molecule has 2 aromatic carbocycles. The monoisotopic (exact) mass is 285 g/mol. The van der Waals surface area contributed by atoms with Crippen molar-refractivity contribution in [3.63, 3.8) is 0 Å². The minimum atomic E-state index is -0.560. The lowest BCUT2D eigenvalue weighted by Gasteiger charge is -2.08. The van der Waals surface area contributed by atoms with E-state index in [4.69, 9.17) is 20.5 Å². The SMILES string of the molecule is COc1cc(C#N)cc(Oc2cc(N)cc([N+](=O)[O-])c2)c1. The fraction of sp³-hybridized carbons (Fsp3) is 0.0714. The summed E-state index contributed by atoms with van der Waals surface area (Å²) in [7, 11) is 1.46. The maximum absolute atomic E-state index is 10.8. The van der Waals surface area contributed by atoms with Gasteiger partial charge in [0.2, 0.25) is 0 Å². The molecule has 0 spiro atoms. The number of nitrogens with zero attached hydrogens (tertiary/aromatic N) is 2. The van der Waals surface area contributed by atoms with E-state index in [0.717, 1.165) is 0 Å². The normalized spacial score (nSPS) is 9.71. The van der Waals surface area contributed by atoms with Crippen LogP contribution in [-0.2, 0) is 0 Å². The molecule has 2 aromatic rings. The van der Waals surface area contributed by atoms with E-state index in [1.165, 1.54) is 31.4 Å². The number of nitriles is 1. The predicted octanol–water partition coefficient (Wildman–Crippen LogP) is 2.85. The lowest BCUT2D eigenvalue weighted by molar-refractivity contribution is -0.384. The van der Waals surface area contributed by atoms with E-state index in [-0.39, 0.29) is 17.1 Å². The highest BCUT2D eigenvalue weighted by Gasteiger charge is 2.11. The van der Waals surface area contributed by atoms with Crippen LogP contribution in [0.25, 0.3) is 0 Å².